The molecule has 0 radical (unpaired) electrons. The lowest BCUT2D eigenvalue weighted by Gasteiger charge is -2.28. The summed E-state index contributed by atoms with van der Waals surface area (Å²) in [5.41, 5.74) is 1.90. The minimum absolute atomic E-state index is 0.265. The van der Waals surface area contributed by atoms with Crippen LogP contribution in [0.15, 0.2) is 24.3 Å². The smallest absolute Gasteiger partial charge is 0.410 e. The van der Waals surface area contributed by atoms with Crippen molar-refractivity contribution in [3.63, 3.8) is 0 Å². The topological polar surface area (TPSA) is 61.8 Å². The summed E-state index contributed by atoms with van der Waals surface area (Å²) in [7, 11) is 0. The van der Waals surface area contributed by atoms with Crippen molar-refractivity contribution in [2.45, 2.75) is 52.9 Å². The average molecular weight is 322 g/mol. The van der Waals surface area contributed by atoms with Crippen LogP contribution in [0, 0.1) is 6.92 Å². The fourth-order valence-electron chi connectivity index (χ4n) is 2.17. The fraction of sp³-hybridized carbons (Fsp3) is 0.611. The van der Waals surface area contributed by atoms with Crippen molar-refractivity contribution in [2.75, 3.05) is 19.6 Å². The minimum Gasteiger partial charge on any atom is -0.444 e. The molecular formula is C18H30N2O3. The van der Waals surface area contributed by atoms with Crippen molar-refractivity contribution < 1.29 is 14.6 Å². The number of carbonyl (C=O) groups is 1. The van der Waals surface area contributed by atoms with Crippen LogP contribution in [-0.2, 0) is 11.3 Å². The molecule has 1 aromatic rings. The second-order valence-electron chi connectivity index (χ2n) is 6.94. The molecule has 0 heterocycles. The van der Waals surface area contributed by atoms with Crippen molar-refractivity contribution in [1.82, 2.24) is 10.2 Å². The summed E-state index contributed by atoms with van der Waals surface area (Å²) in [4.78, 5) is 13.7. The zero-order valence-corrected chi connectivity index (χ0v) is 14.9. The van der Waals surface area contributed by atoms with Gasteiger partial charge in [-0.25, -0.2) is 4.79 Å². The van der Waals surface area contributed by atoms with Gasteiger partial charge in [0.1, 0.15) is 5.60 Å². The van der Waals surface area contributed by atoms with E-state index in [0.29, 0.717) is 13.1 Å². The molecule has 1 aromatic carbocycles. The molecule has 0 saturated carbocycles. The molecule has 5 nitrogen and oxygen atoms in total. The normalized spacial score (nSPS) is 12.8. The average Bonchev–Trinajstić information content (AvgIpc) is 2.40. The molecule has 1 rings (SSSR count). The highest BCUT2D eigenvalue weighted by Gasteiger charge is 2.22. The van der Waals surface area contributed by atoms with Crippen LogP contribution in [0.1, 0.15) is 38.8 Å². The third kappa shape index (κ3) is 8.57. The second kappa shape index (κ2) is 8.89. The summed E-state index contributed by atoms with van der Waals surface area (Å²) in [6, 6.07) is 8.30. The lowest BCUT2D eigenvalue weighted by atomic mass is 10.1. The molecule has 0 aliphatic carbocycles. The van der Waals surface area contributed by atoms with Crippen LogP contribution in [0.4, 0.5) is 4.79 Å². The van der Waals surface area contributed by atoms with Crippen LogP contribution in [0.3, 0.4) is 0 Å². The van der Waals surface area contributed by atoms with Crippen molar-refractivity contribution in [3.05, 3.63) is 35.4 Å². The van der Waals surface area contributed by atoms with Gasteiger partial charge in [0.15, 0.2) is 0 Å². The summed E-state index contributed by atoms with van der Waals surface area (Å²) < 4.78 is 5.38. The molecule has 23 heavy (non-hydrogen) atoms. The van der Waals surface area contributed by atoms with Crippen molar-refractivity contribution in [2.24, 2.45) is 0 Å². The zero-order chi connectivity index (χ0) is 17.5. The number of aliphatic hydroxyl groups is 1. The van der Waals surface area contributed by atoms with Gasteiger partial charge >= 0.3 is 6.09 Å². The SMILES string of the molecule is Cc1cccc(CNCCN(CC(C)O)C(=O)OC(C)(C)C)c1. The molecule has 2 N–H and O–H groups in total. The number of nitrogens with one attached hydrogen (secondary N) is 1. The highest BCUT2D eigenvalue weighted by molar-refractivity contribution is 5.68. The Balaban J connectivity index is 2.46. The number of rotatable bonds is 7. The van der Waals surface area contributed by atoms with E-state index in [1.165, 1.54) is 11.1 Å². The van der Waals surface area contributed by atoms with Crippen LogP contribution >= 0.6 is 0 Å². The van der Waals surface area contributed by atoms with Gasteiger partial charge in [-0.2, -0.15) is 0 Å². The van der Waals surface area contributed by atoms with E-state index in [1.54, 1.807) is 11.8 Å². The van der Waals surface area contributed by atoms with Crippen LogP contribution in [0.25, 0.3) is 0 Å². The first kappa shape index (κ1) is 19.5. The van der Waals surface area contributed by atoms with Crippen LogP contribution in [0.5, 0.6) is 0 Å². The number of benzene rings is 1. The van der Waals surface area contributed by atoms with E-state index >= 15 is 0 Å². The van der Waals surface area contributed by atoms with E-state index in [1.807, 2.05) is 26.8 Å². The monoisotopic (exact) mass is 322 g/mol. The third-order valence-electron chi connectivity index (χ3n) is 3.11. The van der Waals surface area contributed by atoms with Crippen molar-refractivity contribution in [1.29, 1.82) is 0 Å². The number of aliphatic hydroxyl groups excluding tert-OH is 1. The molecule has 0 aromatic heterocycles. The summed E-state index contributed by atoms with van der Waals surface area (Å²) in [5.74, 6) is 0. The van der Waals surface area contributed by atoms with E-state index in [4.69, 9.17) is 4.74 Å². The molecule has 1 unspecified atom stereocenters. The largest absolute Gasteiger partial charge is 0.444 e. The molecule has 1 amide bonds. The lowest BCUT2D eigenvalue weighted by molar-refractivity contribution is 0.0164. The molecule has 0 aliphatic rings. The Morgan fingerprint density at radius 2 is 2.09 bits per heavy atom. The van der Waals surface area contributed by atoms with E-state index < -0.39 is 17.8 Å². The summed E-state index contributed by atoms with van der Waals surface area (Å²) in [5, 5.41) is 12.9. The molecule has 0 saturated heterocycles. The van der Waals surface area contributed by atoms with Crippen LogP contribution < -0.4 is 5.32 Å². The number of ether oxygens (including phenoxy) is 1. The number of hydrogen-bond donors (Lipinski definition) is 2. The Morgan fingerprint density at radius 3 is 2.65 bits per heavy atom. The van der Waals surface area contributed by atoms with Crippen LogP contribution in [-0.4, -0.2) is 47.4 Å². The molecule has 0 spiro atoms. The maximum atomic E-state index is 12.2. The minimum atomic E-state index is -0.584. The van der Waals surface area contributed by atoms with Gasteiger partial charge < -0.3 is 20.1 Å². The summed E-state index contributed by atoms with van der Waals surface area (Å²) in [6.07, 6.45) is -0.977. The van der Waals surface area contributed by atoms with E-state index in [0.717, 1.165) is 6.54 Å². The van der Waals surface area contributed by atoms with E-state index in [2.05, 4.69) is 30.4 Å². The fourth-order valence-corrected chi connectivity index (χ4v) is 2.17. The van der Waals surface area contributed by atoms with Gasteiger partial charge in [-0.1, -0.05) is 29.8 Å². The number of aryl methyl sites for hydroxylation is 1. The van der Waals surface area contributed by atoms with E-state index in [9.17, 15) is 9.90 Å². The maximum absolute atomic E-state index is 12.2. The Bertz CT molecular complexity index is 495. The zero-order valence-electron chi connectivity index (χ0n) is 14.9. The first-order chi connectivity index (χ1) is 10.7. The van der Waals surface area contributed by atoms with Gasteiger partial charge in [0.25, 0.3) is 0 Å². The second-order valence-corrected chi connectivity index (χ2v) is 6.94. The van der Waals surface area contributed by atoms with Gasteiger partial charge in [-0.3, -0.25) is 0 Å². The predicted octanol–water partition coefficient (Wildman–Crippen LogP) is 2.70. The molecule has 1 atom stereocenters. The molecular weight excluding hydrogens is 292 g/mol. The van der Waals surface area contributed by atoms with Gasteiger partial charge in [0.05, 0.1) is 6.10 Å². The third-order valence-corrected chi connectivity index (χ3v) is 3.11. The summed E-state index contributed by atoms with van der Waals surface area (Å²) >= 11 is 0. The lowest BCUT2D eigenvalue weighted by Crippen LogP contribution is -2.43. The quantitative estimate of drug-likeness (QED) is 0.758. The summed E-state index contributed by atoms with van der Waals surface area (Å²) in [6.45, 7) is 11.4. The molecule has 130 valence electrons. The molecule has 0 bridgehead atoms. The van der Waals surface area contributed by atoms with E-state index in [-0.39, 0.29) is 6.54 Å². The highest BCUT2D eigenvalue weighted by atomic mass is 16.6. The highest BCUT2D eigenvalue weighted by Crippen LogP contribution is 2.10. The van der Waals surface area contributed by atoms with Crippen molar-refractivity contribution in [3.8, 4) is 0 Å². The number of carbonyl (C=O) groups excluding carboxylic acids is 1. The Hall–Kier alpha value is -1.59. The van der Waals surface area contributed by atoms with Gasteiger partial charge in [-0.05, 0) is 40.2 Å². The van der Waals surface area contributed by atoms with Crippen molar-refractivity contribution >= 4 is 6.09 Å². The Morgan fingerprint density at radius 1 is 1.39 bits per heavy atom. The predicted molar refractivity (Wildman–Crippen MR) is 92.4 cm³/mol. The molecule has 0 aliphatic heterocycles. The Labute approximate surface area is 139 Å². The number of nitrogens with zero attached hydrogens (tertiary/aromatic N) is 1. The van der Waals surface area contributed by atoms with Gasteiger partial charge in [0.2, 0.25) is 0 Å². The Kier molecular flexibility index (Phi) is 7.52. The first-order valence-electron chi connectivity index (χ1n) is 8.09. The number of amides is 1. The van der Waals surface area contributed by atoms with Gasteiger partial charge in [-0.15, -0.1) is 0 Å². The van der Waals surface area contributed by atoms with Crippen LogP contribution in [0.2, 0.25) is 0 Å². The number of hydrogen-bond acceptors (Lipinski definition) is 4. The molecule has 0 fully saturated rings. The maximum Gasteiger partial charge on any atom is 0.410 e. The standard InChI is InChI=1S/C18H30N2O3/c1-14-7-6-8-16(11-14)12-19-9-10-20(13-15(2)21)17(22)23-18(3,4)5/h6-8,11,15,19,21H,9-10,12-13H2,1-5H3. The first-order valence-corrected chi connectivity index (χ1v) is 8.09. The van der Waals surface area contributed by atoms with Gasteiger partial charge in [0, 0.05) is 26.2 Å². The molecule has 5 heteroatoms.